The number of hydrogen-bond acceptors (Lipinski definition) is 2. The number of carbonyl (C=O) groups is 1. The Labute approximate surface area is 163 Å². The summed E-state index contributed by atoms with van der Waals surface area (Å²) in [4.78, 5) is 16.2. The second-order valence-electron chi connectivity index (χ2n) is 6.50. The van der Waals surface area contributed by atoms with Crippen LogP contribution in [0.1, 0.15) is 5.56 Å². The summed E-state index contributed by atoms with van der Waals surface area (Å²) in [6, 6.07) is 27.4. The molecule has 0 aliphatic rings. The van der Waals surface area contributed by atoms with Gasteiger partial charge in [-0.25, -0.2) is 0 Å². The van der Waals surface area contributed by atoms with Gasteiger partial charge in [-0.05, 0) is 36.4 Å². The fourth-order valence-corrected chi connectivity index (χ4v) is 3.08. The SMILES string of the molecule is O=C(Nc1ccccc1)/C(=C/c1c[nH]c2ccccc12)CNc1ccccc1. The molecule has 0 atom stereocenters. The Morgan fingerprint density at radius 1 is 0.821 bits per heavy atom. The molecule has 3 N–H and O–H groups in total. The van der Waals surface area contributed by atoms with Crippen LogP contribution in [0.2, 0.25) is 0 Å². The number of rotatable bonds is 6. The standard InChI is InChI=1S/C24H21N3O/c28-24(27-21-11-5-2-6-12-21)19(17-25-20-9-3-1-4-10-20)15-18-16-26-23-14-8-7-13-22(18)23/h1-16,25-26H,17H2,(H,27,28)/b19-15+. The number of carbonyl (C=O) groups excluding carboxylic acids is 1. The van der Waals surface area contributed by atoms with E-state index >= 15 is 0 Å². The molecular formula is C24H21N3O. The lowest BCUT2D eigenvalue weighted by molar-refractivity contribution is -0.112. The summed E-state index contributed by atoms with van der Waals surface area (Å²) < 4.78 is 0. The summed E-state index contributed by atoms with van der Waals surface area (Å²) in [5, 5.41) is 7.40. The molecule has 0 aliphatic carbocycles. The molecular weight excluding hydrogens is 346 g/mol. The number of para-hydroxylation sites is 3. The number of H-pyrrole nitrogens is 1. The lowest BCUT2D eigenvalue weighted by Gasteiger charge is -2.11. The smallest absolute Gasteiger partial charge is 0.253 e. The quantitative estimate of drug-likeness (QED) is 0.405. The summed E-state index contributed by atoms with van der Waals surface area (Å²) in [6.45, 7) is 0.419. The molecule has 1 heterocycles. The van der Waals surface area contributed by atoms with Crippen molar-refractivity contribution in [1.29, 1.82) is 0 Å². The first-order valence-corrected chi connectivity index (χ1v) is 9.21. The van der Waals surface area contributed by atoms with Crippen molar-refractivity contribution in [3.05, 3.63) is 102 Å². The average molecular weight is 367 g/mol. The van der Waals surface area contributed by atoms with Gasteiger partial charge < -0.3 is 15.6 Å². The predicted molar refractivity (Wildman–Crippen MR) is 116 cm³/mol. The highest BCUT2D eigenvalue weighted by molar-refractivity contribution is 6.08. The van der Waals surface area contributed by atoms with Gasteiger partial charge in [0.1, 0.15) is 0 Å². The van der Waals surface area contributed by atoms with Gasteiger partial charge in [0.15, 0.2) is 0 Å². The summed E-state index contributed by atoms with van der Waals surface area (Å²) in [7, 11) is 0. The number of benzene rings is 3. The van der Waals surface area contributed by atoms with Crippen molar-refractivity contribution in [3.8, 4) is 0 Å². The molecule has 0 radical (unpaired) electrons. The molecule has 3 aromatic carbocycles. The van der Waals surface area contributed by atoms with E-state index in [0.29, 0.717) is 12.1 Å². The number of nitrogens with one attached hydrogen (secondary N) is 3. The number of aromatic nitrogens is 1. The van der Waals surface area contributed by atoms with Crippen LogP contribution in [0.25, 0.3) is 17.0 Å². The van der Waals surface area contributed by atoms with Crippen molar-refractivity contribution in [3.63, 3.8) is 0 Å². The Morgan fingerprint density at radius 3 is 2.21 bits per heavy atom. The Bertz CT molecular complexity index is 1100. The maximum atomic E-state index is 13.0. The van der Waals surface area contributed by atoms with E-state index in [9.17, 15) is 4.79 Å². The fraction of sp³-hybridized carbons (Fsp3) is 0.0417. The molecule has 0 saturated heterocycles. The van der Waals surface area contributed by atoms with E-state index in [1.807, 2.05) is 91.1 Å². The van der Waals surface area contributed by atoms with Crippen LogP contribution in [-0.4, -0.2) is 17.4 Å². The zero-order chi connectivity index (χ0) is 19.2. The molecule has 0 fully saturated rings. The van der Waals surface area contributed by atoms with E-state index in [4.69, 9.17) is 0 Å². The summed E-state index contributed by atoms with van der Waals surface area (Å²) in [5.41, 5.74) is 4.44. The largest absolute Gasteiger partial charge is 0.381 e. The molecule has 138 valence electrons. The molecule has 4 rings (SSSR count). The van der Waals surface area contributed by atoms with Crippen molar-refractivity contribution in [2.45, 2.75) is 0 Å². The number of aromatic amines is 1. The number of fused-ring (bicyclic) bond motifs is 1. The highest BCUT2D eigenvalue weighted by Gasteiger charge is 2.12. The zero-order valence-electron chi connectivity index (χ0n) is 15.4. The first kappa shape index (κ1) is 17.6. The fourth-order valence-electron chi connectivity index (χ4n) is 3.08. The second-order valence-corrected chi connectivity index (χ2v) is 6.50. The van der Waals surface area contributed by atoms with Crippen molar-refractivity contribution >= 4 is 34.3 Å². The molecule has 1 amide bonds. The van der Waals surface area contributed by atoms with Gasteiger partial charge in [-0.15, -0.1) is 0 Å². The van der Waals surface area contributed by atoms with Gasteiger partial charge in [0.25, 0.3) is 5.91 Å². The van der Waals surface area contributed by atoms with Gasteiger partial charge in [-0.2, -0.15) is 0 Å². The highest BCUT2D eigenvalue weighted by Crippen LogP contribution is 2.21. The molecule has 0 spiro atoms. The van der Waals surface area contributed by atoms with Gasteiger partial charge in [0.2, 0.25) is 0 Å². The predicted octanol–water partition coefficient (Wildman–Crippen LogP) is 5.30. The van der Waals surface area contributed by atoms with E-state index in [-0.39, 0.29) is 5.91 Å². The minimum atomic E-state index is -0.125. The van der Waals surface area contributed by atoms with Gasteiger partial charge in [0.05, 0.1) is 0 Å². The van der Waals surface area contributed by atoms with Crippen LogP contribution in [-0.2, 0) is 4.79 Å². The van der Waals surface area contributed by atoms with E-state index < -0.39 is 0 Å². The molecule has 0 unspecified atom stereocenters. The topological polar surface area (TPSA) is 56.9 Å². The third kappa shape index (κ3) is 4.13. The first-order chi connectivity index (χ1) is 13.8. The molecule has 1 aromatic heterocycles. The lowest BCUT2D eigenvalue weighted by atomic mass is 10.1. The Morgan fingerprint density at radius 2 is 1.46 bits per heavy atom. The summed E-state index contributed by atoms with van der Waals surface area (Å²) in [6.07, 6.45) is 3.87. The van der Waals surface area contributed by atoms with Gasteiger partial charge in [0, 0.05) is 46.2 Å². The number of anilines is 2. The van der Waals surface area contributed by atoms with Crippen LogP contribution in [0, 0.1) is 0 Å². The van der Waals surface area contributed by atoms with Crippen molar-refractivity contribution in [2.75, 3.05) is 17.2 Å². The van der Waals surface area contributed by atoms with E-state index in [1.54, 1.807) is 0 Å². The van der Waals surface area contributed by atoms with Crippen LogP contribution in [0.3, 0.4) is 0 Å². The molecule has 0 bridgehead atoms. The highest BCUT2D eigenvalue weighted by atomic mass is 16.1. The Kier molecular flexibility index (Phi) is 5.20. The zero-order valence-corrected chi connectivity index (χ0v) is 15.4. The first-order valence-electron chi connectivity index (χ1n) is 9.21. The van der Waals surface area contributed by atoms with Crippen LogP contribution < -0.4 is 10.6 Å². The van der Waals surface area contributed by atoms with E-state index in [2.05, 4.69) is 21.7 Å². The van der Waals surface area contributed by atoms with Crippen LogP contribution >= 0.6 is 0 Å². The second kappa shape index (κ2) is 8.27. The minimum absolute atomic E-state index is 0.125. The average Bonchev–Trinajstić information content (AvgIpc) is 3.15. The molecule has 4 aromatic rings. The molecule has 4 heteroatoms. The van der Waals surface area contributed by atoms with E-state index in [0.717, 1.165) is 27.8 Å². The van der Waals surface area contributed by atoms with Crippen LogP contribution in [0.15, 0.2) is 96.7 Å². The lowest BCUT2D eigenvalue weighted by Crippen LogP contribution is -2.20. The van der Waals surface area contributed by atoms with Crippen molar-refractivity contribution in [2.24, 2.45) is 0 Å². The summed E-state index contributed by atoms with van der Waals surface area (Å²) in [5.74, 6) is -0.125. The van der Waals surface area contributed by atoms with Gasteiger partial charge >= 0.3 is 0 Å². The van der Waals surface area contributed by atoms with Crippen LogP contribution in [0.5, 0.6) is 0 Å². The molecule has 28 heavy (non-hydrogen) atoms. The summed E-state index contributed by atoms with van der Waals surface area (Å²) >= 11 is 0. The van der Waals surface area contributed by atoms with Gasteiger partial charge in [-0.3, -0.25) is 4.79 Å². The normalized spacial score (nSPS) is 11.4. The van der Waals surface area contributed by atoms with Crippen LogP contribution in [0.4, 0.5) is 11.4 Å². The molecule has 0 saturated carbocycles. The van der Waals surface area contributed by atoms with Crippen molar-refractivity contribution < 1.29 is 4.79 Å². The number of amides is 1. The molecule has 0 aliphatic heterocycles. The van der Waals surface area contributed by atoms with Crippen molar-refractivity contribution in [1.82, 2.24) is 4.98 Å². The number of hydrogen-bond donors (Lipinski definition) is 3. The minimum Gasteiger partial charge on any atom is -0.381 e. The molecule has 4 nitrogen and oxygen atoms in total. The maximum Gasteiger partial charge on any atom is 0.253 e. The maximum absolute atomic E-state index is 13.0. The van der Waals surface area contributed by atoms with E-state index in [1.165, 1.54) is 0 Å². The third-order valence-corrected chi connectivity index (χ3v) is 4.53. The van der Waals surface area contributed by atoms with Gasteiger partial charge in [-0.1, -0.05) is 54.6 Å². The Balaban J connectivity index is 1.63. The monoisotopic (exact) mass is 367 g/mol. The Hall–Kier alpha value is -3.79. The third-order valence-electron chi connectivity index (χ3n) is 4.53.